The van der Waals surface area contributed by atoms with Crippen molar-refractivity contribution in [3.63, 3.8) is 0 Å². The van der Waals surface area contributed by atoms with Crippen LogP contribution in [0.15, 0.2) is 17.7 Å². The summed E-state index contributed by atoms with van der Waals surface area (Å²) in [5.74, 6) is -1.19. The molecule has 0 bridgehead atoms. The number of nitrogens with one attached hydrogen (secondary N) is 4. The van der Waals surface area contributed by atoms with Gasteiger partial charge in [-0.2, -0.15) is 5.10 Å². The largest absolute Gasteiger partial charge is 0.348 e. The van der Waals surface area contributed by atoms with E-state index in [0.717, 1.165) is 19.3 Å². The fraction of sp³-hybridized carbons (Fsp3) is 0.636. The topological polar surface area (TPSA) is 117 Å². The van der Waals surface area contributed by atoms with Crippen molar-refractivity contribution >= 4 is 23.5 Å². The van der Waals surface area contributed by atoms with Crippen LogP contribution in [0.5, 0.6) is 0 Å². The number of carbonyl (C=O) groups excluding carboxylic acids is 3. The van der Waals surface area contributed by atoms with Crippen molar-refractivity contribution in [2.45, 2.75) is 78.6 Å². The third kappa shape index (κ3) is 6.16. The molecular weight excluding hydrogens is 396 g/mol. The van der Waals surface area contributed by atoms with E-state index in [4.69, 9.17) is 0 Å². The molecule has 1 aliphatic heterocycles. The summed E-state index contributed by atoms with van der Waals surface area (Å²) >= 11 is 0. The molecular formula is C22H34N6O3. The molecule has 0 radical (unpaired) electrons. The first-order valence-electron chi connectivity index (χ1n) is 11.0. The first-order chi connectivity index (χ1) is 14.6. The second-order valence-corrected chi connectivity index (χ2v) is 9.44. The van der Waals surface area contributed by atoms with Gasteiger partial charge in [-0.3, -0.25) is 19.7 Å². The van der Waals surface area contributed by atoms with Crippen LogP contribution in [0.25, 0.3) is 0 Å². The minimum atomic E-state index is -0.756. The van der Waals surface area contributed by atoms with Gasteiger partial charge in [-0.05, 0) is 44.4 Å². The second-order valence-electron chi connectivity index (χ2n) is 9.44. The van der Waals surface area contributed by atoms with E-state index in [1.54, 1.807) is 13.0 Å². The van der Waals surface area contributed by atoms with Crippen LogP contribution in [0, 0.1) is 12.3 Å². The van der Waals surface area contributed by atoms with Crippen molar-refractivity contribution in [1.82, 2.24) is 25.7 Å². The van der Waals surface area contributed by atoms with Gasteiger partial charge in [0.1, 0.15) is 5.82 Å². The van der Waals surface area contributed by atoms with E-state index < -0.39 is 18.1 Å². The Kier molecular flexibility index (Phi) is 7.15. The van der Waals surface area contributed by atoms with Crippen LogP contribution >= 0.6 is 0 Å². The van der Waals surface area contributed by atoms with Crippen molar-refractivity contribution in [1.29, 1.82) is 0 Å². The summed E-state index contributed by atoms with van der Waals surface area (Å²) in [7, 11) is 0. The lowest BCUT2D eigenvalue weighted by atomic mass is 9.84. The van der Waals surface area contributed by atoms with Gasteiger partial charge >= 0.3 is 11.8 Å². The molecule has 2 unspecified atom stereocenters. The summed E-state index contributed by atoms with van der Waals surface area (Å²) in [5.41, 5.74) is 1.87. The molecule has 2 heterocycles. The highest BCUT2D eigenvalue weighted by atomic mass is 16.2. The normalized spacial score (nSPS) is 21.8. The molecule has 3 amide bonds. The van der Waals surface area contributed by atoms with Crippen molar-refractivity contribution in [2.75, 3.05) is 11.9 Å². The number of rotatable bonds is 5. The van der Waals surface area contributed by atoms with Crippen LogP contribution in [-0.2, 0) is 14.4 Å². The van der Waals surface area contributed by atoms with Crippen LogP contribution in [-0.4, -0.2) is 40.1 Å². The Morgan fingerprint density at radius 3 is 2.71 bits per heavy atom. The summed E-state index contributed by atoms with van der Waals surface area (Å²) in [4.78, 5) is 37.0. The predicted molar refractivity (Wildman–Crippen MR) is 118 cm³/mol. The number of carbonyl (C=O) groups is 3. The van der Waals surface area contributed by atoms with Crippen molar-refractivity contribution in [2.24, 2.45) is 5.41 Å². The molecule has 0 saturated carbocycles. The Bertz CT molecular complexity index is 867. The van der Waals surface area contributed by atoms with Crippen molar-refractivity contribution in [3.05, 3.63) is 23.4 Å². The molecule has 0 aromatic carbocycles. The fourth-order valence-corrected chi connectivity index (χ4v) is 3.90. The number of allylic oxidation sites excluding steroid dienone is 1. The monoisotopic (exact) mass is 430 g/mol. The van der Waals surface area contributed by atoms with Gasteiger partial charge in [-0.25, -0.2) is 4.68 Å². The Morgan fingerprint density at radius 2 is 2.03 bits per heavy atom. The molecule has 1 saturated heterocycles. The highest BCUT2D eigenvalue weighted by molar-refractivity contribution is 6.39. The molecule has 1 aromatic heterocycles. The fourth-order valence-electron chi connectivity index (χ4n) is 3.90. The third-order valence-electron chi connectivity index (χ3n) is 5.76. The van der Waals surface area contributed by atoms with Gasteiger partial charge in [-0.1, -0.05) is 32.4 Å². The molecule has 3 rings (SSSR count). The molecule has 4 N–H and O–H groups in total. The Morgan fingerprint density at radius 1 is 1.26 bits per heavy atom. The molecule has 2 aliphatic rings. The van der Waals surface area contributed by atoms with Crippen LogP contribution in [0.3, 0.4) is 0 Å². The maximum atomic E-state index is 12.4. The SMILES string of the molecule is Cc1cc(NC(=O)C(=O)NCCC2=CCCCC2)n(C2NC(=O)CC(C(C)(C)C)N2)n1. The van der Waals surface area contributed by atoms with Gasteiger partial charge in [0.15, 0.2) is 6.29 Å². The zero-order chi connectivity index (χ0) is 22.6. The molecule has 1 aromatic rings. The number of amides is 3. The third-order valence-corrected chi connectivity index (χ3v) is 5.76. The van der Waals surface area contributed by atoms with Gasteiger partial charge in [0, 0.05) is 25.1 Å². The van der Waals surface area contributed by atoms with Crippen molar-refractivity contribution in [3.8, 4) is 0 Å². The number of aromatic nitrogens is 2. The number of nitrogens with zero attached hydrogens (tertiary/aromatic N) is 2. The van der Waals surface area contributed by atoms with E-state index in [-0.39, 0.29) is 17.4 Å². The zero-order valence-corrected chi connectivity index (χ0v) is 18.9. The van der Waals surface area contributed by atoms with Gasteiger partial charge in [-0.15, -0.1) is 0 Å². The Balaban J connectivity index is 1.61. The smallest absolute Gasteiger partial charge is 0.314 e. The first-order valence-corrected chi connectivity index (χ1v) is 11.0. The van der Waals surface area contributed by atoms with Gasteiger partial charge in [0.05, 0.1) is 5.69 Å². The predicted octanol–water partition coefficient (Wildman–Crippen LogP) is 2.12. The summed E-state index contributed by atoms with van der Waals surface area (Å²) < 4.78 is 1.50. The highest BCUT2D eigenvalue weighted by Crippen LogP contribution is 2.27. The van der Waals surface area contributed by atoms with E-state index in [1.807, 2.05) is 0 Å². The number of anilines is 1. The van der Waals surface area contributed by atoms with E-state index in [1.165, 1.54) is 23.1 Å². The quantitative estimate of drug-likeness (QED) is 0.422. The summed E-state index contributed by atoms with van der Waals surface area (Å²) in [5, 5.41) is 15.9. The van der Waals surface area contributed by atoms with Crippen LogP contribution in [0.4, 0.5) is 5.82 Å². The van der Waals surface area contributed by atoms with Crippen molar-refractivity contribution < 1.29 is 14.4 Å². The number of hydrogen-bond acceptors (Lipinski definition) is 5. The number of aryl methyl sites for hydroxylation is 1. The van der Waals surface area contributed by atoms with Gasteiger partial charge in [0.25, 0.3) is 0 Å². The molecule has 170 valence electrons. The molecule has 2 atom stereocenters. The maximum Gasteiger partial charge on any atom is 0.314 e. The standard InChI is InChI=1S/C22H34N6O3/c1-14-12-17(25-20(31)19(30)23-11-10-15-8-6-5-7-9-15)28(27-14)21-24-16(22(2,3)4)13-18(29)26-21/h8,12,16,21,24H,5-7,9-11,13H2,1-4H3,(H,23,30)(H,25,31)(H,26,29). The van der Waals surface area contributed by atoms with Gasteiger partial charge < -0.3 is 16.0 Å². The number of hydrogen-bond donors (Lipinski definition) is 4. The lowest BCUT2D eigenvalue weighted by molar-refractivity contribution is -0.136. The molecule has 9 heteroatoms. The highest BCUT2D eigenvalue weighted by Gasteiger charge is 2.35. The Hall–Kier alpha value is -2.68. The molecule has 0 spiro atoms. The van der Waals surface area contributed by atoms with E-state index >= 15 is 0 Å². The molecule has 9 nitrogen and oxygen atoms in total. The molecule has 1 fully saturated rings. The minimum absolute atomic E-state index is 0.0586. The first kappa shape index (κ1) is 23.0. The molecule has 1 aliphatic carbocycles. The average Bonchev–Trinajstić information content (AvgIpc) is 3.07. The van der Waals surface area contributed by atoms with Crippen LogP contribution < -0.4 is 21.3 Å². The average molecular weight is 431 g/mol. The van der Waals surface area contributed by atoms with Gasteiger partial charge in [0.2, 0.25) is 5.91 Å². The lowest BCUT2D eigenvalue weighted by Gasteiger charge is -2.39. The summed E-state index contributed by atoms with van der Waals surface area (Å²) in [6.45, 7) is 8.40. The van der Waals surface area contributed by atoms with Crippen LogP contribution in [0.2, 0.25) is 0 Å². The minimum Gasteiger partial charge on any atom is -0.348 e. The van der Waals surface area contributed by atoms with E-state index in [2.05, 4.69) is 53.2 Å². The summed E-state index contributed by atoms with van der Waals surface area (Å²) in [6, 6.07) is 1.61. The van der Waals surface area contributed by atoms with E-state index in [0.29, 0.717) is 24.5 Å². The molecule has 31 heavy (non-hydrogen) atoms. The van der Waals surface area contributed by atoms with E-state index in [9.17, 15) is 14.4 Å². The Labute approximate surface area is 183 Å². The van der Waals surface area contributed by atoms with Crippen LogP contribution in [0.1, 0.15) is 71.3 Å². The zero-order valence-electron chi connectivity index (χ0n) is 18.9. The lowest BCUT2D eigenvalue weighted by Crippen LogP contribution is -2.57. The second kappa shape index (κ2) is 9.64. The summed E-state index contributed by atoms with van der Waals surface area (Å²) in [6.07, 6.45) is 7.31. The maximum absolute atomic E-state index is 12.4.